The highest BCUT2D eigenvalue weighted by molar-refractivity contribution is 5.93. The predicted molar refractivity (Wildman–Crippen MR) is 92.3 cm³/mol. The molecule has 0 aliphatic carbocycles. The SMILES string of the molecule is C=CC[C@@](C)(NNC(=O)c1ccccc1)c1ccc([N+](=O)[O-])cc1. The van der Waals surface area contributed by atoms with Crippen LogP contribution in [0.3, 0.4) is 0 Å². The van der Waals surface area contributed by atoms with Gasteiger partial charge in [0.1, 0.15) is 0 Å². The molecule has 2 N–H and O–H groups in total. The smallest absolute Gasteiger partial charge is 0.269 e. The first-order valence-corrected chi connectivity index (χ1v) is 7.44. The molecule has 2 aromatic rings. The second-order valence-corrected chi connectivity index (χ2v) is 5.57. The molecule has 0 fully saturated rings. The first-order valence-electron chi connectivity index (χ1n) is 7.44. The summed E-state index contributed by atoms with van der Waals surface area (Å²) in [4.78, 5) is 22.5. The summed E-state index contributed by atoms with van der Waals surface area (Å²) < 4.78 is 0. The largest absolute Gasteiger partial charge is 0.287 e. The van der Waals surface area contributed by atoms with Crippen molar-refractivity contribution in [1.82, 2.24) is 10.9 Å². The number of benzene rings is 2. The van der Waals surface area contributed by atoms with E-state index in [0.29, 0.717) is 12.0 Å². The van der Waals surface area contributed by atoms with Gasteiger partial charge in [0.05, 0.1) is 10.5 Å². The van der Waals surface area contributed by atoms with Crippen molar-refractivity contribution >= 4 is 11.6 Å². The summed E-state index contributed by atoms with van der Waals surface area (Å²) in [5.41, 5.74) is 6.44. The van der Waals surface area contributed by atoms with Crippen LogP contribution in [0.25, 0.3) is 0 Å². The molecular formula is C18H19N3O3. The van der Waals surface area contributed by atoms with Gasteiger partial charge in [0.15, 0.2) is 0 Å². The van der Waals surface area contributed by atoms with Crippen LogP contribution in [0.1, 0.15) is 29.3 Å². The Morgan fingerprint density at radius 1 is 1.21 bits per heavy atom. The first kappa shape index (κ1) is 17.4. The van der Waals surface area contributed by atoms with Crippen molar-refractivity contribution in [3.05, 3.63) is 88.5 Å². The van der Waals surface area contributed by atoms with Gasteiger partial charge in [-0.3, -0.25) is 20.3 Å². The zero-order chi connectivity index (χ0) is 17.6. The summed E-state index contributed by atoms with van der Waals surface area (Å²) in [6.07, 6.45) is 2.25. The molecule has 124 valence electrons. The minimum absolute atomic E-state index is 0.0213. The topological polar surface area (TPSA) is 84.3 Å². The molecule has 1 atom stereocenters. The van der Waals surface area contributed by atoms with E-state index in [0.717, 1.165) is 5.56 Å². The third-order valence-electron chi connectivity index (χ3n) is 3.76. The molecule has 0 unspecified atom stereocenters. The molecule has 0 bridgehead atoms. The van der Waals surface area contributed by atoms with Crippen molar-refractivity contribution in [2.75, 3.05) is 0 Å². The Morgan fingerprint density at radius 3 is 2.38 bits per heavy atom. The number of hydrogen-bond donors (Lipinski definition) is 2. The Balaban J connectivity index is 2.16. The molecule has 0 aromatic heterocycles. The van der Waals surface area contributed by atoms with Gasteiger partial charge >= 0.3 is 0 Å². The van der Waals surface area contributed by atoms with E-state index in [9.17, 15) is 14.9 Å². The molecule has 0 saturated heterocycles. The van der Waals surface area contributed by atoms with Crippen LogP contribution >= 0.6 is 0 Å². The summed E-state index contributed by atoms with van der Waals surface area (Å²) in [5.74, 6) is -0.257. The van der Waals surface area contributed by atoms with Crippen LogP contribution < -0.4 is 10.9 Å². The molecule has 0 aliphatic heterocycles. The van der Waals surface area contributed by atoms with Gasteiger partial charge in [0, 0.05) is 17.7 Å². The quantitative estimate of drug-likeness (QED) is 0.464. The van der Waals surface area contributed by atoms with E-state index in [4.69, 9.17) is 0 Å². The lowest BCUT2D eigenvalue weighted by Gasteiger charge is -2.30. The minimum atomic E-state index is -0.638. The first-order chi connectivity index (χ1) is 11.5. The maximum Gasteiger partial charge on any atom is 0.269 e. The maximum absolute atomic E-state index is 12.2. The molecule has 6 nitrogen and oxygen atoms in total. The van der Waals surface area contributed by atoms with Gasteiger partial charge in [-0.15, -0.1) is 6.58 Å². The lowest BCUT2D eigenvalue weighted by molar-refractivity contribution is -0.384. The van der Waals surface area contributed by atoms with E-state index >= 15 is 0 Å². The van der Waals surface area contributed by atoms with Gasteiger partial charge in [-0.2, -0.15) is 0 Å². The van der Waals surface area contributed by atoms with Gasteiger partial charge in [-0.05, 0) is 31.0 Å². The fraction of sp³-hybridized carbons (Fsp3) is 0.167. The van der Waals surface area contributed by atoms with Crippen LogP contribution in [0.2, 0.25) is 0 Å². The van der Waals surface area contributed by atoms with Gasteiger partial charge in [-0.25, -0.2) is 5.43 Å². The maximum atomic E-state index is 12.2. The lowest BCUT2D eigenvalue weighted by atomic mass is 9.89. The van der Waals surface area contributed by atoms with E-state index < -0.39 is 10.5 Å². The van der Waals surface area contributed by atoms with Crippen LogP contribution in [-0.2, 0) is 5.54 Å². The van der Waals surface area contributed by atoms with Crippen molar-refractivity contribution in [3.8, 4) is 0 Å². The minimum Gasteiger partial charge on any atom is -0.287 e. The molecule has 1 amide bonds. The summed E-state index contributed by atoms with van der Waals surface area (Å²) in [7, 11) is 0. The number of carbonyl (C=O) groups excluding carboxylic acids is 1. The number of rotatable bonds is 7. The average Bonchev–Trinajstić information content (AvgIpc) is 2.61. The number of nitro groups is 1. The number of hydrazine groups is 1. The van der Waals surface area contributed by atoms with E-state index in [-0.39, 0.29) is 11.6 Å². The molecule has 0 spiro atoms. The Labute approximate surface area is 140 Å². The molecule has 24 heavy (non-hydrogen) atoms. The van der Waals surface area contributed by atoms with Crippen molar-refractivity contribution in [1.29, 1.82) is 0 Å². The highest BCUT2D eigenvalue weighted by atomic mass is 16.6. The number of nitrogens with zero attached hydrogens (tertiary/aromatic N) is 1. The molecule has 2 rings (SSSR count). The van der Waals surface area contributed by atoms with Crippen LogP contribution in [0.15, 0.2) is 67.3 Å². The number of carbonyl (C=O) groups is 1. The molecule has 6 heteroatoms. The van der Waals surface area contributed by atoms with Gasteiger partial charge < -0.3 is 0 Å². The molecular weight excluding hydrogens is 306 g/mol. The van der Waals surface area contributed by atoms with E-state index in [1.165, 1.54) is 12.1 Å². The third-order valence-corrected chi connectivity index (χ3v) is 3.76. The second-order valence-electron chi connectivity index (χ2n) is 5.57. The lowest BCUT2D eigenvalue weighted by Crippen LogP contribution is -2.50. The van der Waals surface area contributed by atoms with Crippen LogP contribution in [0.4, 0.5) is 5.69 Å². The highest BCUT2D eigenvalue weighted by Crippen LogP contribution is 2.26. The molecule has 0 heterocycles. The Bertz CT molecular complexity index is 729. The summed E-state index contributed by atoms with van der Waals surface area (Å²) in [6, 6.07) is 15.1. The van der Waals surface area contributed by atoms with Crippen molar-refractivity contribution in [2.45, 2.75) is 18.9 Å². The molecule has 0 saturated carbocycles. The predicted octanol–water partition coefficient (Wildman–Crippen LogP) is 3.32. The average molecular weight is 325 g/mol. The normalized spacial score (nSPS) is 12.9. The number of amides is 1. The number of hydrogen-bond acceptors (Lipinski definition) is 4. The standard InChI is InChI=1S/C18H19N3O3/c1-3-13-18(2,15-9-11-16(12-10-15)21(23)24)20-19-17(22)14-7-5-4-6-8-14/h3-12,20H,1,13H2,2H3,(H,19,22)/t18-/m1/s1. The summed E-state index contributed by atoms with van der Waals surface area (Å²) in [5, 5.41) is 10.8. The molecule has 2 aromatic carbocycles. The van der Waals surface area contributed by atoms with Crippen molar-refractivity contribution in [3.63, 3.8) is 0 Å². The second kappa shape index (κ2) is 7.52. The number of non-ortho nitro benzene ring substituents is 1. The molecule has 0 radical (unpaired) electrons. The zero-order valence-electron chi connectivity index (χ0n) is 13.4. The third kappa shape index (κ3) is 4.05. The van der Waals surface area contributed by atoms with Gasteiger partial charge in [-0.1, -0.05) is 36.4 Å². The van der Waals surface area contributed by atoms with Crippen molar-refractivity contribution < 1.29 is 9.72 Å². The van der Waals surface area contributed by atoms with E-state index in [2.05, 4.69) is 17.4 Å². The summed E-state index contributed by atoms with van der Waals surface area (Å²) >= 11 is 0. The van der Waals surface area contributed by atoms with E-state index in [1.54, 1.807) is 42.5 Å². The number of nitrogens with one attached hydrogen (secondary N) is 2. The fourth-order valence-corrected chi connectivity index (χ4v) is 2.34. The van der Waals surface area contributed by atoms with Crippen LogP contribution in [0.5, 0.6) is 0 Å². The fourth-order valence-electron chi connectivity index (χ4n) is 2.34. The molecule has 0 aliphatic rings. The highest BCUT2D eigenvalue weighted by Gasteiger charge is 2.26. The Kier molecular flexibility index (Phi) is 5.44. The van der Waals surface area contributed by atoms with Gasteiger partial charge in [0.2, 0.25) is 0 Å². The summed E-state index contributed by atoms with van der Waals surface area (Å²) in [6.45, 7) is 5.63. The number of nitro benzene ring substituents is 1. The van der Waals surface area contributed by atoms with Crippen LogP contribution in [0, 0.1) is 10.1 Å². The van der Waals surface area contributed by atoms with Crippen molar-refractivity contribution in [2.24, 2.45) is 0 Å². The van der Waals surface area contributed by atoms with Gasteiger partial charge in [0.25, 0.3) is 11.6 Å². The Morgan fingerprint density at radius 2 is 1.83 bits per heavy atom. The monoisotopic (exact) mass is 325 g/mol. The Hall–Kier alpha value is -2.99. The zero-order valence-corrected chi connectivity index (χ0v) is 13.4. The van der Waals surface area contributed by atoms with E-state index in [1.807, 2.05) is 13.0 Å². The van der Waals surface area contributed by atoms with Crippen LogP contribution in [-0.4, -0.2) is 10.8 Å².